The fourth-order valence-corrected chi connectivity index (χ4v) is 3.98. The largest absolute Gasteiger partial charge is 0.361 e. The lowest BCUT2D eigenvalue weighted by atomic mass is 9.97. The van der Waals surface area contributed by atoms with Gasteiger partial charge in [0.1, 0.15) is 0 Å². The molecule has 0 bridgehead atoms. The van der Waals surface area contributed by atoms with Gasteiger partial charge in [-0.1, -0.05) is 69.9 Å². The second-order valence-corrected chi connectivity index (χ2v) is 7.60. The van der Waals surface area contributed by atoms with Crippen molar-refractivity contribution in [1.29, 1.82) is 0 Å². The van der Waals surface area contributed by atoms with E-state index in [9.17, 15) is 4.79 Å². The lowest BCUT2D eigenvalue weighted by Crippen LogP contribution is -2.36. The standard InChI is InChI=1S/C22H32N2O/c25-22(17-18-12-13-19-14-15-23-21(19)16-18)24-20-10-8-6-4-2-1-3-5-7-9-11-20/h12-16,20,23H,1-11,17H2,(H,24,25). The lowest BCUT2D eigenvalue weighted by molar-refractivity contribution is -0.121. The molecule has 0 saturated heterocycles. The van der Waals surface area contributed by atoms with E-state index < -0.39 is 0 Å². The molecule has 1 aromatic heterocycles. The first-order valence-electron chi connectivity index (χ1n) is 10.2. The summed E-state index contributed by atoms with van der Waals surface area (Å²) >= 11 is 0. The van der Waals surface area contributed by atoms with Crippen LogP contribution in [0, 0.1) is 0 Å². The monoisotopic (exact) mass is 340 g/mol. The molecule has 2 aromatic rings. The Morgan fingerprint density at radius 1 is 0.920 bits per heavy atom. The first kappa shape index (κ1) is 18.0. The third-order valence-corrected chi connectivity index (χ3v) is 5.45. The van der Waals surface area contributed by atoms with Gasteiger partial charge in [0.2, 0.25) is 5.91 Å². The van der Waals surface area contributed by atoms with Gasteiger partial charge in [-0.15, -0.1) is 0 Å². The Morgan fingerprint density at radius 2 is 1.56 bits per heavy atom. The van der Waals surface area contributed by atoms with Crippen molar-refractivity contribution in [3.63, 3.8) is 0 Å². The highest BCUT2D eigenvalue weighted by Crippen LogP contribution is 2.18. The molecule has 1 amide bonds. The summed E-state index contributed by atoms with van der Waals surface area (Å²) in [5.74, 6) is 0.169. The molecule has 0 radical (unpaired) electrons. The molecule has 3 rings (SSSR count). The molecule has 25 heavy (non-hydrogen) atoms. The second kappa shape index (κ2) is 9.65. The van der Waals surface area contributed by atoms with Gasteiger partial charge < -0.3 is 10.3 Å². The van der Waals surface area contributed by atoms with Crippen LogP contribution in [0.1, 0.15) is 76.2 Å². The average Bonchev–Trinajstić information content (AvgIpc) is 3.05. The first-order valence-corrected chi connectivity index (χ1v) is 10.2. The normalized spacial score (nSPS) is 18.4. The molecule has 1 aliphatic carbocycles. The van der Waals surface area contributed by atoms with Crippen molar-refractivity contribution in [2.45, 2.75) is 83.1 Å². The van der Waals surface area contributed by atoms with Crippen LogP contribution in [0.25, 0.3) is 10.9 Å². The molecular weight excluding hydrogens is 308 g/mol. The molecule has 0 unspecified atom stereocenters. The van der Waals surface area contributed by atoms with Gasteiger partial charge in [-0.2, -0.15) is 0 Å². The van der Waals surface area contributed by atoms with Crippen LogP contribution in [-0.2, 0) is 11.2 Å². The molecule has 1 aromatic carbocycles. The highest BCUT2D eigenvalue weighted by Gasteiger charge is 2.13. The zero-order chi connectivity index (χ0) is 17.3. The number of aromatic amines is 1. The molecule has 2 N–H and O–H groups in total. The van der Waals surface area contributed by atoms with Crippen molar-refractivity contribution in [2.24, 2.45) is 0 Å². The fraction of sp³-hybridized carbons (Fsp3) is 0.591. The minimum atomic E-state index is 0.169. The molecule has 1 aliphatic rings. The number of hydrogen-bond donors (Lipinski definition) is 2. The maximum Gasteiger partial charge on any atom is 0.224 e. The van der Waals surface area contributed by atoms with Crippen molar-refractivity contribution in [3.8, 4) is 0 Å². The number of fused-ring (bicyclic) bond motifs is 1. The molecular formula is C22H32N2O. The van der Waals surface area contributed by atoms with Crippen molar-refractivity contribution in [3.05, 3.63) is 36.0 Å². The molecule has 0 aliphatic heterocycles. The van der Waals surface area contributed by atoms with E-state index in [1.165, 1.54) is 63.2 Å². The van der Waals surface area contributed by atoms with Crippen molar-refractivity contribution >= 4 is 16.8 Å². The smallest absolute Gasteiger partial charge is 0.224 e. The molecule has 136 valence electrons. The zero-order valence-corrected chi connectivity index (χ0v) is 15.4. The highest BCUT2D eigenvalue weighted by atomic mass is 16.1. The Kier molecular flexibility index (Phi) is 6.96. The van der Waals surface area contributed by atoms with Gasteiger partial charge in [-0.25, -0.2) is 0 Å². The lowest BCUT2D eigenvalue weighted by Gasteiger charge is -2.19. The van der Waals surface area contributed by atoms with Gasteiger partial charge in [0.25, 0.3) is 0 Å². The summed E-state index contributed by atoms with van der Waals surface area (Å²) in [6.45, 7) is 0. The number of rotatable bonds is 3. The molecule has 1 heterocycles. The number of amides is 1. The van der Waals surface area contributed by atoms with E-state index in [1.807, 2.05) is 6.20 Å². The van der Waals surface area contributed by atoms with Gasteiger partial charge in [-0.05, 0) is 35.9 Å². The molecule has 0 atom stereocenters. The van der Waals surface area contributed by atoms with E-state index in [1.54, 1.807) is 0 Å². The number of carbonyl (C=O) groups is 1. The molecule has 3 nitrogen and oxygen atoms in total. The predicted molar refractivity (Wildman–Crippen MR) is 105 cm³/mol. The van der Waals surface area contributed by atoms with Gasteiger partial charge in [0, 0.05) is 17.8 Å². The van der Waals surface area contributed by atoms with Crippen LogP contribution in [0.4, 0.5) is 0 Å². The fourth-order valence-electron chi connectivity index (χ4n) is 3.98. The van der Waals surface area contributed by atoms with Crippen molar-refractivity contribution in [1.82, 2.24) is 10.3 Å². The minimum absolute atomic E-state index is 0.169. The third kappa shape index (κ3) is 5.91. The SMILES string of the molecule is O=C(Cc1ccc2cc[nH]c2c1)NC1CCCCCCCCCCC1. The van der Waals surface area contributed by atoms with Gasteiger partial charge >= 0.3 is 0 Å². The summed E-state index contributed by atoms with van der Waals surface area (Å²) in [6.07, 6.45) is 16.7. The van der Waals surface area contributed by atoms with Crippen LogP contribution in [0.2, 0.25) is 0 Å². The van der Waals surface area contributed by atoms with Crippen LogP contribution < -0.4 is 5.32 Å². The van der Waals surface area contributed by atoms with Crippen LogP contribution in [-0.4, -0.2) is 16.9 Å². The summed E-state index contributed by atoms with van der Waals surface area (Å²) < 4.78 is 0. The van der Waals surface area contributed by atoms with Crippen LogP contribution >= 0.6 is 0 Å². The first-order chi connectivity index (χ1) is 12.3. The number of H-pyrrole nitrogens is 1. The Balaban J connectivity index is 1.51. The van der Waals surface area contributed by atoms with E-state index in [4.69, 9.17) is 0 Å². The Hall–Kier alpha value is -1.77. The van der Waals surface area contributed by atoms with Crippen molar-refractivity contribution in [2.75, 3.05) is 0 Å². The number of hydrogen-bond acceptors (Lipinski definition) is 1. The maximum atomic E-state index is 12.5. The Bertz CT molecular complexity index is 649. The quantitative estimate of drug-likeness (QED) is 0.761. The third-order valence-electron chi connectivity index (χ3n) is 5.45. The van der Waals surface area contributed by atoms with Crippen LogP contribution in [0.15, 0.2) is 30.5 Å². The van der Waals surface area contributed by atoms with E-state index in [-0.39, 0.29) is 5.91 Å². The number of nitrogens with one attached hydrogen (secondary N) is 2. The predicted octanol–water partition coefficient (Wildman–Crippen LogP) is 5.50. The Morgan fingerprint density at radius 3 is 2.24 bits per heavy atom. The van der Waals surface area contributed by atoms with Crippen LogP contribution in [0.3, 0.4) is 0 Å². The van der Waals surface area contributed by atoms with Gasteiger partial charge in [-0.3, -0.25) is 4.79 Å². The van der Waals surface area contributed by atoms with E-state index in [0.29, 0.717) is 12.5 Å². The second-order valence-electron chi connectivity index (χ2n) is 7.60. The summed E-state index contributed by atoms with van der Waals surface area (Å²) in [5, 5.41) is 4.51. The number of carbonyl (C=O) groups excluding carboxylic acids is 1. The van der Waals surface area contributed by atoms with E-state index >= 15 is 0 Å². The average molecular weight is 341 g/mol. The van der Waals surface area contributed by atoms with E-state index in [2.05, 4.69) is 34.6 Å². The number of benzene rings is 1. The minimum Gasteiger partial charge on any atom is -0.361 e. The van der Waals surface area contributed by atoms with Crippen LogP contribution in [0.5, 0.6) is 0 Å². The summed E-state index contributed by atoms with van der Waals surface area (Å²) in [6, 6.07) is 8.67. The summed E-state index contributed by atoms with van der Waals surface area (Å²) in [7, 11) is 0. The molecule has 1 fully saturated rings. The Labute approximate surface area is 151 Å². The van der Waals surface area contributed by atoms with Gasteiger partial charge in [0.15, 0.2) is 0 Å². The van der Waals surface area contributed by atoms with Crippen molar-refractivity contribution < 1.29 is 4.79 Å². The topological polar surface area (TPSA) is 44.9 Å². The molecule has 0 spiro atoms. The zero-order valence-electron chi connectivity index (χ0n) is 15.4. The summed E-state index contributed by atoms with van der Waals surface area (Å²) in [4.78, 5) is 15.7. The highest BCUT2D eigenvalue weighted by molar-refractivity contribution is 5.83. The summed E-state index contributed by atoms with van der Waals surface area (Å²) in [5.41, 5.74) is 2.19. The maximum absolute atomic E-state index is 12.5. The molecule has 1 saturated carbocycles. The molecule has 3 heteroatoms. The number of aromatic nitrogens is 1. The van der Waals surface area contributed by atoms with Gasteiger partial charge in [0.05, 0.1) is 6.42 Å². The van der Waals surface area contributed by atoms with E-state index in [0.717, 1.165) is 23.9 Å².